The van der Waals surface area contributed by atoms with Crippen molar-refractivity contribution in [3.63, 3.8) is 0 Å². The zero-order valence-corrected chi connectivity index (χ0v) is 13.0. The van der Waals surface area contributed by atoms with E-state index in [0.717, 1.165) is 18.5 Å². The van der Waals surface area contributed by atoms with Gasteiger partial charge in [-0.3, -0.25) is 5.01 Å². The Morgan fingerprint density at radius 2 is 1.87 bits per heavy atom. The SMILES string of the molecule is COC(C1=CC(C)=C(N(N)c2ccccc2)CC=C1)C(F)(F)F. The molecule has 1 aliphatic rings. The van der Waals surface area contributed by atoms with Crippen LogP contribution in [0, 0.1) is 0 Å². The van der Waals surface area contributed by atoms with Gasteiger partial charge in [0.25, 0.3) is 0 Å². The Bertz CT molecular complexity index is 633. The highest BCUT2D eigenvalue weighted by atomic mass is 19.4. The lowest BCUT2D eigenvalue weighted by molar-refractivity contribution is -0.198. The maximum atomic E-state index is 13.0. The molecule has 1 unspecified atom stereocenters. The van der Waals surface area contributed by atoms with E-state index in [1.54, 1.807) is 13.0 Å². The number of halogens is 3. The lowest BCUT2D eigenvalue weighted by Crippen LogP contribution is -2.32. The molecule has 0 radical (unpaired) electrons. The van der Waals surface area contributed by atoms with Gasteiger partial charge in [0, 0.05) is 19.2 Å². The number of hydrogen-bond acceptors (Lipinski definition) is 3. The average Bonchev–Trinajstić information content (AvgIpc) is 2.68. The molecule has 2 rings (SSSR count). The van der Waals surface area contributed by atoms with E-state index in [0.29, 0.717) is 12.0 Å². The topological polar surface area (TPSA) is 38.5 Å². The van der Waals surface area contributed by atoms with E-state index in [1.807, 2.05) is 30.3 Å². The summed E-state index contributed by atoms with van der Waals surface area (Å²) in [5.74, 6) is 6.13. The summed E-state index contributed by atoms with van der Waals surface area (Å²) in [4.78, 5) is 0. The van der Waals surface area contributed by atoms with Crippen LogP contribution in [0.15, 0.2) is 65.4 Å². The van der Waals surface area contributed by atoms with Crippen molar-refractivity contribution in [2.45, 2.75) is 25.6 Å². The van der Waals surface area contributed by atoms with Crippen LogP contribution in [-0.4, -0.2) is 19.4 Å². The molecule has 124 valence electrons. The third kappa shape index (κ3) is 4.03. The van der Waals surface area contributed by atoms with Gasteiger partial charge in [0.2, 0.25) is 0 Å². The van der Waals surface area contributed by atoms with Crippen molar-refractivity contribution in [3.05, 3.63) is 65.4 Å². The monoisotopic (exact) mass is 324 g/mol. The van der Waals surface area contributed by atoms with E-state index in [9.17, 15) is 13.2 Å². The van der Waals surface area contributed by atoms with Crippen molar-refractivity contribution in [2.75, 3.05) is 12.1 Å². The number of hydrogen-bond donors (Lipinski definition) is 1. The predicted octanol–water partition coefficient (Wildman–Crippen LogP) is 4.10. The Kier molecular flexibility index (Phi) is 5.28. The summed E-state index contributed by atoms with van der Waals surface area (Å²) in [6.45, 7) is 1.74. The second kappa shape index (κ2) is 7.02. The number of hydrazine groups is 1. The fourth-order valence-corrected chi connectivity index (χ4v) is 2.50. The predicted molar refractivity (Wildman–Crippen MR) is 84.5 cm³/mol. The van der Waals surface area contributed by atoms with Crippen molar-refractivity contribution < 1.29 is 17.9 Å². The lowest BCUT2D eigenvalue weighted by atomic mass is 10.1. The first kappa shape index (κ1) is 17.3. The van der Waals surface area contributed by atoms with Gasteiger partial charge in [-0.15, -0.1) is 0 Å². The Balaban J connectivity index is 2.37. The van der Waals surface area contributed by atoms with Gasteiger partial charge in [-0.2, -0.15) is 13.2 Å². The zero-order chi connectivity index (χ0) is 17.0. The van der Waals surface area contributed by atoms with Crippen molar-refractivity contribution in [2.24, 2.45) is 5.84 Å². The lowest BCUT2D eigenvalue weighted by Gasteiger charge is -2.23. The van der Waals surface area contributed by atoms with Gasteiger partial charge in [-0.05, 0) is 30.2 Å². The minimum absolute atomic E-state index is 0.0639. The van der Waals surface area contributed by atoms with Gasteiger partial charge >= 0.3 is 6.18 Å². The van der Waals surface area contributed by atoms with Gasteiger partial charge in [0.05, 0.1) is 5.69 Å². The Hall–Kier alpha value is -2.05. The largest absolute Gasteiger partial charge is 0.418 e. The van der Waals surface area contributed by atoms with Crippen LogP contribution < -0.4 is 10.9 Å². The second-order valence-corrected chi connectivity index (χ2v) is 5.24. The van der Waals surface area contributed by atoms with Crippen LogP contribution in [0.1, 0.15) is 13.3 Å². The molecule has 0 fully saturated rings. The van der Waals surface area contributed by atoms with E-state index in [4.69, 9.17) is 5.84 Å². The summed E-state index contributed by atoms with van der Waals surface area (Å²) in [5, 5.41) is 1.49. The molecule has 0 bridgehead atoms. The molecular weight excluding hydrogens is 305 g/mol. The average molecular weight is 324 g/mol. The van der Waals surface area contributed by atoms with E-state index in [-0.39, 0.29) is 5.57 Å². The molecule has 0 aromatic heterocycles. The van der Waals surface area contributed by atoms with Crippen LogP contribution in [-0.2, 0) is 4.74 Å². The first-order chi connectivity index (χ1) is 10.8. The van der Waals surface area contributed by atoms with Crippen LogP contribution in [0.5, 0.6) is 0 Å². The van der Waals surface area contributed by atoms with Gasteiger partial charge in [-0.25, -0.2) is 5.84 Å². The summed E-state index contributed by atoms with van der Waals surface area (Å²) in [6.07, 6.45) is -1.39. The minimum Gasteiger partial charge on any atom is -0.367 e. The van der Waals surface area contributed by atoms with Crippen molar-refractivity contribution in [1.29, 1.82) is 0 Å². The van der Waals surface area contributed by atoms with Gasteiger partial charge < -0.3 is 4.74 Å². The minimum atomic E-state index is -4.46. The fourth-order valence-electron chi connectivity index (χ4n) is 2.50. The number of methoxy groups -OCH3 is 1. The maximum Gasteiger partial charge on any atom is 0.418 e. The van der Waals surface area contributed by atoms with Crippen LogP contribution in [0.2, 0.25) is 0 Å². The molecule has 0 heterocycles. The smallest absolute Gasteiger partial charge is 0.367 e. The first-order valence-electron chi connectivity index (χ1n) is 7.12. The van der Waals surface area contributed by atoms with Crippen molar-refractivity contribution in [1.82, 2.24) is 0 Å². The van der Waals surface area contributed by atoms with Crippen molar-refractivity contribution in [3.8, 4) is 0 Å². The molecule has 0 spiro atoms. The van der Waals surface area contributed by atoms with Crippen molar-refractivity contribution >= 4 is 5.69 Å². The van der Waals surface area contributed by atoms with Crippen LogP contribution in [0.25, 0.3) is 0 Å². The highest BCUT2D eigenvalue weighted by Gasteiger charge is 2.42. The van der Waals surface area contributed by atoms with E-state index >= 15 is 0 Å². The molecule has 3 nitrogen and oxygen atoms in total. The normalized spacial score (nSPS) is 16.9. The van der Waals surface area contributed by atoms with Crippen LogP contribution in [0.4, 0.5) is 18.9 Å². The molecule has 0 saturated carbocycles. The number of anilines is 1. The molecule has 1 aromatic carbocycles. The molecule has 6 heteroatoms. The molecule has 1 aromatic rings. The molecule has 23 heavy (non-hydrogen) atoms. The summed E-state index contributed by atoms with van der Waals surface area (Å²) in [7, 11) is 1.05. The molecule has 0 amide bonds. The number of benzene rings is 1. The molecule has 1 atom stereocenters. The Morgan fingerprint density at radius 1 is 1.22 bits per heavy atom. The summed E-state index contributed by atoms with van der Waals surface area (Å²) >= 11 is 0. The molecule has 2 N–H and O–H groups in total. The third-order valence-corrected chi connectivity index (χ3v) is 3.62. The maximum absolute atomic E-state index is 13.0. The summed E-state index contributed by atoms with van der Waals surface area (Å²) < 4.78 is 43.7. The second-order valence-electron chi connectivity index (χ2n) is 5.24. The van der Waals surface area contributed by atoms with E-state index < -0.39 is 12.3 Å². The van der Waals surface area contributed by atoms with Crippen LogP contribution in [0.3, 0.4) is 0 Å². The number of rotatable bonds is 4. The molecule has 1 aliphatic carbocycles. The zero-order valence-electron chi connectivity index (χ0n) is 13.0. The third-order valence-electron chi connectivity index (χ3n) is 3.62. The highest BCUT2D eigenvalue weighted by molar-refractivity contribution is 5.54. The number of nitrogens with two attached hydrogens (primary N) is 1. The number of alkyl halides is 3. The number of ether oxygens (including phenoxy) is 1. The number of nitrogens with zero attached hydrogens (tertiary/aromatic N) is 1. The molecule has 0 saturated heterocycles. The molecular formula is C17H19F3N2O. The fraction of sp³-hybridized carbons (Fsp3) is 0.294. The van der Waals surface area contributed by atoms with Crippen LogP contribution >= 0.6 is 0 Å². The standard InChI is InChI=1S/C17H19F3N2O/c1-12-11-13(16(23-2)17(18,19)20)7-6-10-15(12)22(21)14-8-4-3-5-9-14/h3-9,11,16H,10,21H2,1-2H3. The van der Waals surface area contributed by atoms with E-state index in [1.165, 1.54) is 17.2 Å². The van der Waals surface area contributed by atoms with Gasteiger partial charge in [0.1, 0.15) is 0 Å². The Morgan fingerprint density at radius 3 is 2.43 bits per heavy atom. The van der Waals surface area contributed by atoms with Gasteiger partial charge in [-0.1, -0.05) is 36.4 Å². The number of para-hydroxylation sites is 1. The summed E-state index contributed by atoms with van der Waals surface area (Å²) in [5.41, 5.74) is 2.24. The van der Waals surface area contributed by atoms with Gasteiger partial charge in [0.15, 0.2) is 6.10 Å². The first-order valence-corrected chi connectivity index (χ1v) is 7.12. The number of allylic oxidation sites excluding steroid dienone is 3. The molecule has 0 aliphatic heterocycles. The quantitative estimate of drug-likeness (QED) is 0.669. The van der Waals surface area contributed by atoms with E-state index in [2.05, 4.69) is 4.74 Å². The summed E-state index contributed by atoms with van der Waals surface area (Å²) in [6, 6.07) is 9.25. The highest BCUT2D eigenvalue weighted by Crippen LogP contribution is 2.32. The Labute approximate surface area is 133 Å².